The third-order valence-electron chi connectivity index (χ3n) is 3.27. The maximum atomic E-state index is 3.59. The van der Waals surface area contributed by atoms with Crippen molar-refractivity contribution in [3.63, 3.8) is 0 Å². The van der Waals surface area contributed by atoms with Crippen molar-refractivity contribution < 1.29 is 0 Å². The molecule has 0 saturated carbocycles. The molecule has 2 aromatic carbocycles. The molecule has 2 rings (SSSR count). The predicted octanol–water partition coefficient (Wildman–Crippen LogP) is 4.57. The van der Waals surface area contributed by atoms with Gasteiger partial charge in [0.25, 0.3) is 0 Å². The fraction of sp³-hybridized carbons (Fsp3) is 0.294. The Morgan fingerprint density at radius 2 is 1.84 bits per heavy atom. The van der Waals surface area contributed by atoms with Crippen LogP contribution < -0.4 is 5.32 Å². The lowest BCUT2D eigenvalue weighted by Crippen LogP contribution is -2.21. The zero-order valence-corrected chi connectivity index (χ0v) is 13.4. The first-order valence-corrected chi connectivity index (χ1v) is 7.90. The number of hydrogen-bond donors (Lipinski definition) is 1. The van der Waals surface area contributed by atoms with E-state index in [0.29, 0.717) is 6.04 Å². The summed E-state index contributed by atoms with van der Waals surface area (Å²) >= 11 is 2.38. The van der Waals surface area contributed by atoms with E-state index >= 15 is 0 Å². The molecule has 100 valence electrons. The lowest BCUT2D eigenvalue weighted by Gasteiger charge is -2.18. The Kier molecular flexibility index (Phi) is 5.86. The van der Waals surface area contributed by atoms with Gasteiger partial charge in [-0.1, -0.05) is 49.4 Å². The smallest absolute Gasteiger partial charge is 0.0323 e. The van der Waals surface area contributed by atoms with Crippen LogP contribution >= 0.6 is 22.6 Å². The Balaban J connectivity index is 2.04. The Labute approximate surface area is 129 Å². The molecule has 19 heavy (non-hydrogen) atoms. The fourth-order valence-electron chi connectivity index (χ4n) is 2.31. The Morgan fingerprint density at radius 1 is 1.05 bits per heavy atom. The molecular formula is C17H20IN. The van der Waals surface area contributed by atoms with Crippen LogP contribution in [0.2, 0.25) is 0 Å². The van der Waals surface area contributed by atoms with Crippen molar-refractivity contribution in [2.24, 2.45) is 0 Å². The number of nitrogens with one attached hydrogen (secondary N) is 1. The van der Waals surface area contributed by atoms with E-state index in [1.807, 2.05) is 0 Å². The molecule has 0 amide bonds. The van der Waals surface area contributed by atoms with E-state index in [1.165, 1.54) is 14.7 Å². The maximum Gasteiger partial charge on any atom is 0.0323 e. The molecule has 0 saturated heterocycles. The zero-order chi connectivity index (χ0) is 13.5. The van der Waals surface area contributed by atoms with Crippen LogP contribution in [-0.2, 0) is 6.42 Å². The quantitative estimate of drug-likeness (QED) is 0.740. The minimum atomic E-state index is 0.444. The lowest BCUT2D eigenvalue weighted by atomic mass is 9.99. The van der Waals surface area contributed by atoms with Gasteiger partial charge in [0.1, 0.15) is 0 Å². The van der Waals surface area contributed by atoms with Gasteiger partial charge >= 0.3 is 0 Å². The van der Waals surface area contributed by atoms with E-state index in [0.717, 1.165) is 19.4 Å². The predicted molar refractivity (Wildman–Crippen MR) is 90.3 cm³/mol. The highest BCUT2D eigenvalue weighted by molar-refractivity contribution is 14.1. The van der Waals surface area contributed by atoms with Gasteiger partial charge in [0.2, 0.25) is 0 Å². The van der Waals surface area contributed by atoms with Crippen LogP contribution in [0.3, 0.4) is 0 Å². The van der Waals surface area contributed by atoms with E-state index in [1.54, 1.807) is 0 Å². The Hall–Kier alpha value is -0.870. The fourth-order valence-corrected chi connectivity index (χ4v) is 2.88. The van der Waals surface area contributed by atoms with Crippen molar-refractivity contribution in [3.05, 3.63) is 69.3 Å². The molecule has 0 heterocycles. The van der Waals surface area contributed by atoms with Crippen molar-refractivity contribution in [2.45, 2.75) is 25.8 Å². The molecule has 0 bridgehead atoms. The van der Waals surface area contributed by atoms with Crippen LogP contribution in [0.25, 0.3) is 0 Å². The van der Waals surface area contributed by atoms with Crippen LogP contribution in [0.15, 0.2) is 54.6 Å². The highest BCUT2D eigenvalue weighted by Crippen LogP contribution is 2.21. The summed E-state index contributed by atoms with van der Waals surface area (Å²) in [5.74, 6) is 0. The number of rotatable bonds is 6. The summed E-state index contributed by atoms with van der Waals surface area (Å²) in [7, 11) is 0. The summed E-state index contributed by atoms with van der Waals surface area (Å²) in [4.78, 5) is 0. The summed E-state index contributed by atoms with van der Waals surface area (Å²) < 4.78 is 1.30. The average Bonchev–Trinajstić information content (AvgIpc) is 2.44. The molecule has 1 nitrogen and oxygen atoms in total. The number of halogens is 1. The minimum absolute atomic E-state index is 0.444. The van der Waals surface area contributed by atoms with Gasteiger partial charge < -0.3 is 5.32 Å². The molecule has 0 fully saturated rings. The van der Waals surface area contributed by atoms with Crippen molar-refractivity contribution >= 4 is 22.6 Å². The Morgan fingerprint density at radius 3 is 2.53 bits per heavy atom. The molecule has 2 heteroatoms. The molecule has 0 radical (unpaired) electrons. The maximum absolute atomic E-state index is 3.59. The molecule has 0 aliphatic rings. The molecule has 0 aliphatic carbocycles. The summed E-state index contributed by atoms with van der Waals surface area (Å²) in [6.07, 6.45) is 2.25. The summed E-state index contributed by atoms with van der Waals surface area (Å²) in [6.45, 7) is 3.17. The van der Waals surface area contributed by atoms with Crippen LogP contribution in [0.4, 0.5) is 0 Å². The van der Waals surface area contributed by atoms with Gasteiger partial charge in [0.05, 0.1) is 0 Å². The first-order valence-electron chi connectivity index (χ1n) is 6.82. The van der Waals surface area contributed by atoms with E-state index in [-0.39, 0.29) is 0 Å². The van der Waals surface area contributed by atoms with Gasteiger partial charge in [-0.2, -0.15) is 0 Å². The van der Waals surface area contributed by atoms with Crippen LogP contribution in [0, 0.1) is 3.57 Å². The van der Waals surface area contributed by atoms with Gasteiger partial charge in [-0.25, -0.2) is 0 Å². The summed E-state index contributed by atoms with van der Waals surface area (Å²) in [6, 6.07) is 19.9. The third kappa shape index (κ3) is 4.62. The lowest BCUT2D eigenvalue weighted by molar-refractivity contribution is 0.515. The van der Waals surface area contributed by atoms with Crippen molar-refractivity contribution in [1.29, 1.82) is 0 Å². The molecule has 0 aromatic heterocycles. The van der Waals surface area contributed by atoms with E-state index < -0.39 is 0 Å². The second-order valence-corrected chi connectivity index (χ2v) is 5.94. The molecular weight excluding hydrogens is 345 g/mol. The minimum Gasteiger partial charge on any atom is -0.310 e. The number of benzene rings is 2. The average molecular weight is 365 g/mol. The van der Waals surface area contributed by atoms with Gasteiger partial charge in [0, 0.05) is 9.61 Å². The second-order valence-electron chi connectivity index (χ2n) is 4.69. The van der Waals surface area contributed by atoms with Gasteiger partial charge in [-0.3, -0.25) is 0 Å². The summed E-state index contributed by atoms with van der Waals surface area (Å²) in [5, 5.41) is 3.59. The van der Waals surface area contributed by atoms with Crippen LogP contribution in [-0.4, -0.2) is 6.54 Å². The van der Waals surface area contributed by atoms with Gasteiger partial charge in [0.15, 0.2) is 0 Å². The number of hydrogen-bond acceptors (Lipinski definition) is 1. The van der Waals surface area contributed by atoms with Crippen LogP contribution in [0.1, 0.15) is 30.5 Å². The van der Waals surface area contributed by atoms with E-state index in [2.05, 4.69) is 89.4 Å². The van der Waals surface area contributed by atoms with Crippen molar-refractivity contribution in [3.8, 4) is 0 Å². The third-order valence-corrected chi connectivity index (χ3v) is 3.94. The highest BCUT2D eigenvalue weighted by atomic mass is 127. The Bertz CT molecular complexity index is 496. The largest absolute Gasteiger partial charge is 0.310 e. The zero-order valence-electron chi connectivity index (χ0n) is 11.3. The van der Waals surface area contributed by atoms with E-state index in [9.17, 15) is 0 Å². The van der Waals surface area contributed by atoms with Gasteiger partial charge in [-0.15, -0.1) is 0 Å². The van der Waals surface area contributed by atoms with Crippen molar-refractivity contribution in [2.75, 3.05) is 6.54 Å². The van der Waals surface area contributed by atoms with Crippen LogP contribution in [0.5, 0.6) is 0 Å². The number of aryl methyl sites for hydroxylation is 1. The van der Waals surface area contributed by atoms with Gasteiger partial charge in [-0.05, 0) is 65.2 Å². The summed E-state index contributed by atoms with van der Waals surface area (Å²) in [5.41, 5.74) is 2.81. The molecule has 1 unspecified atom stereocenters. The van der Waals surface area contributed by atoms with E-state index in [4.69, 9.17) is 0 Å². The standard InChI is InChI=1S/C17H20IN/c1-2-19-17(15-9-6-10-16(18)13-15)12-11-14-7-4-3-5-8-14/h3-10,13,17,19H,2,11-12H2,1H3. The monoisotopic (exact) mass is 365 g/mol. The topological polar surface area (TPSA) is 12.0 Å². The normalized spacial score (nSPS) is 12.3. The molecule has 0 aliphatic heterocycles. The molecule has 1 N–H and O–H groups in total. The van der Waals surface area contributed by atoms with Crippen molar-refractivity contribution in [1.82, 2.24) is 5.32 Å². The second kappa shape index (κ2) is 7.65. The molecule has 0 spiro atoms. The SMILES string of the molecule is CCNC(CCc1ccccc1)c1cccc(I)c1. The first kappa shape index (κ1) is 14.5. The molecule has 2 aromatic rings. The highest BCUT2D eigenvalue weighted by Gasteiger charge is 2.10. The first-order chi connectivity index (χ1) is 9.29. The molecule has 1 atom stereocenters.